The smallest absolute Gasteiger partial charge is 0.144 e. The molecule has 1 aromatic carbocycles. The lowest BCUT2D eigenvalue weighted by atomic mass is 9.90. The van der Waals surface area contributed by atoms with Crippen molar-refractivity contribution in [2.24, 2.45) is 0 Å². The van der Waals surface area contributed by atoms with E-state index >= 15 is 0 Å². The molecule has 0 saturated carbocycles. The van der Waals surface area contributed by atoms with Crippen molar-refractivity contribution in [3.63, 3.8) is 0 Å². The summed E-state index contributed by atoms with van der Waals surface area (Å²) in [5, 5.41) is 13.0. The molecular formula is C16H23N3O. The van der Waals surface area contributed by atoms with Crippen molar-refractivity contribution in [2.75, 3.05) is 33.4 Å². The molecule has 1 aromatic rings. The fourth-order valence-corrected chi connectivity index (χ4v) is 2.77. The van der Waals surface area contributed by atoms with Gasteiger partial charge in [-0.2, -0.15) is 5.26 Å². The fraction of sp³-hybridized carbons (Fsp3) is 0.562. The van der Waals surface area contributed by atoms with Gasteiger partial charge in [0.05, 0.1) is 19.3 Å². The molecule has 0 aliphatic carbocycles. The summed E-state index contributed by atoms with van der Waals surface area (Å²) in [7, 11) is 1.86. The first-order valence-electron chi connectivity index (χ1n) is 7.23. The summed E-state index contributed by atoms with van der Waals surface area (Å²) >= 11 is 0. The molecular weight excluding hydrogens is 250 g/mol. The maximum Gasteiger partial charge on any atom is 0.144 e. The zero-order valence-electron chi connectivity index (χ0n) is 12.3. The van der Waals surface area contributed by atoms with E-state index in [2.05, 4.69) is 23.2 Å². The zero-order valence-corrected chi connectivity index (χ0v) is 12.3. The molecule has 1 fully saturated rings. The molecule has 0 bridgehead atoms. The number of morpholine rings is 1. The highest BCUT2D eigenvalue weighted by molar-refractivity contribution is 5.32. The van der Waals surface area contributed by atoms with Crippen LogP contribution in [0.5, 0.6) is 0 Å². The average molecular weight is 273 g/mol. The molecule has 0 spiro atoms. The Labute approximate surface area is 121 Å². The van der Waals surface area contributed by atoms with Crippen LogP contribution >= 0.6 is 0 Å². The largest absolute Gasteiger partial charge is 0.378 e. The Morgan fingerprint density at radius 2 is 2.20 bits per heavy atom. The van der Waals surface area contributed by atoms with E-state index in [9.17, 15) is 5.26 Å². The molecule has 108 valence electrons. The van der Waals surface area contributed by atoms with Crippen molar-refractivity contribution in [2.45, 2.75) is 24.9 Å². The zero-order chi connectivity index (χ0) is 14.4. The molecule has 20 heavy (non-hydrogen) atoms. The van der Waals surface area contributed by atoms with Gasteiger partial charge in [-0.15, -0.1) is 0 Å². The minimum atomic E-state index is -0.661. The van der Waals surface area contributed by atoms with E-state index in [1.807, 2.05) is 37.4 Å². The molecule has 1 aliphatic rings. The second kappa shape index (κ2) is 6.85. The Bertz CT molecular complexity index is 457. The van der Waals surface area contributed by atoms with Gasteiger partial charge in [-0.3, -0.25) is 10.2 Å². The van der Waals surface area contributed by atoms with E-state index in [4.69, 9.17) is 4.74 Å². The highest BCUT2D eigenvalue weighted by Crippen LogP contribution is 2.24. The molecule has 1 aliphatic heterocycles. The summed E-state index contributed by atoms with van der Waals surface area (Å²) in [6.07, 6.45) is 1.04. The number of nitrogens with one attached hydrogen (secondary N) is 1. The second-order valence-electron chi connectivity index (χ2n) is 5.24. The molecule has 1 heterocycles. The fourth-order valence-electron chi connectivity index (χ4n) is 2.77. The van der Waals surface area contributed by atoms with E-state index in [0.29, 0.717) is 12.6 Å². The normalized spacial score (nSPS) is 22.9. The number of hydrogen-bond donors (Lipinski definition) is 1. The van der Waals surface area contributed by atoms with E-state index in [0.717, 1.165) is 31.7 Å². The van der Waals surface area contributed by atoms with Crippen molar-refractivity contribution in [1.82, 2.24) is 10.2 Å². The maximum atomic E-state index is 9.75. The maximum absolute atomic E-state index is 9.75. The lowest BCUT2D eigenvalue weighted by Gasteiger charge is -2.40. The molecule has 1 N–H and O–H groups in total. The van der Waals surface area contributed by atoms with Gasteiger partial charge in [0.15, 0.2) is 0 Å². The minimum Gasteiger partial charge on any atom is -0.378 e. The van der Waals surface area contributed by atoms with Gasteiger partial charge >= 0.3 is 0 Å². The van der Waals surface area contributed by atoms with Crippen LogP contribution in [0.15, 0.2) is 30.3 Å². The Balaban J connectivity index is 2.23. The van der Waals surface area contributed by atoms with Crippen LogP contribution in [0.1, 0.15) is 18.9 Å². The number of nitriles is 1. The predicted molar refractivity (Wildman–Crippen MR) is 79.3 cm³/mol. The Hall–Kier alpha value is -1.41. The van der Waals surface area contributed by atoms with E-state index < -0.39 is 5.54 Å². The van der Waals surface area contributed by atoms with Gasteiger partial charge in [-0.25, -0.2) is 0 Å². The highest BCUT2D eigenvalue weighted by atomic mass is 16.5. The molecule has 0 amide bonds. The van der Waals surface area contributed by atoms with Crippen LogP contribution in [0.2, 0.25) is 0 Å². The lowest BCUT2D eigenvalue weighted by molar-refractivity contribution is -0.0169. The van der Waals surface area contributed by atoms with E-state index in [-0.39, 0.29) is 0 Å². The summed E-state index contributed by atoms with van der Waals surface area (Å²) in [4.78, 5) is 2.37. The molecule has 2 unspecified atom stereocenters. The molecule has 1 saturated heterocycles. The SMILES string of the molecule is CCC1COCCN1CC(C#N)(NC)c1ccccc1. The second-order valence-corrected chi connectivity index (χ2v) is 5.24. The molecule has 2 rings (SSSR count). The first-order valence-corrected chi connectivity index (χ1v) is 7.23. The highest BCUT2D eigenvalue weighted by Gasteiger charge is 2.35. The van der Waals surface area contributed by atoms with Crippen LogP contribution in [0.3, 0.4) is 0 Å². The Morgan fingerprint density at radius 1 is 1.45 bits per heavy atom. The van der Waals surface area contributed by atoms with Gasteiger partial charge in [0.1, 0.15) is 5.54 Å². The Kier molecular flexibility index (Phi) is 5.13. The van der Waals surface area contributed by atoms with Crippen LogP contribution in [0.4, 0.5) is 0 Å². The molecule has 4 heteroatoms. The third-order valence-corrected chi connectivity index (χ3v) is 4.15. The quantitative estimate of drug-likeness (QED) is 0.887. The van der Waals surface area contributed by atoms with Gasteiger partial charge in [0.25, 0.3) is 0 Å². The van der Waals surface area contributed by atoms with Gasteiger partial charge < -0.3 is 4.74 Å². The van der Waals surface area contributed by atoms with Crippen LogP contribution in [0, 0.1) is 11.3 Å². The molecule has 0 radical (unpaired) electrons. The first kappa shape index (κ1) is 15.0. The van der Waals surface area contributed by atoms with Gasteiger partial charge in [0.2, 0.25) is 0 Å². The Morgan fingerprint density at radius 3 is 2.80 bits per heavy atom. The van der Waals surface area contributed by atoms with E-state index in [1.165, 1.54) is 0 Å². The number of benzene rings is 1. The summed E-state index contributed by atoms with van der Waals surface area (Å²) in [6, 6.07) is 12.8. The van der Waals surface area contributed by atoms with Crippen molar-refractivity contribution in [1.29, 1.82) is 5.26 Å². The van der Waals surface area contributed by atoms with Crippen LogP contribution in [-0.4, -0.2) is 44.3 Å². The number of rotatable bonds is 5. The van der Waals surface area contributed by atoms with Crippen LogP contribution in [-0.2, 0) is 10.3 Å². The number of nitrogens with zero attached hydrogens (tertiary/aromatic N) is 2. The van der Waals surface area contributed by atoms with Gasteiger partial charge in [-0.1, -0.05) is 37.3 Å². The van der Waals surface area contributed by atoms with Crippen LogP contribution in [0.25, 0.3) is 0 Å². The average Bonchev–Trinajstić information content (AvgIpc) is 2.54. The van der Waals surface area contributed by atoms with Crippen LogP contribution < -0.4 is 5.32 Å². The first-order chi connectivity index (χ1) is 9.75. The summed E-state index contributed by atoms with van der Waals surface area (Å²) in [6.45, 7) is 5.25. The van der Waals surface area contributed by atoms with Gasteiger partial charge in [-0.05, 0) is 19.0 Å². The van der Waals surface area contributed by atoms with Crippen molar-refractivity contribution in [3.05, 3.63) is 35.9 Å². The van der Waals surface area contributed by atoms with Gasteiger partial charge in [0, 0.05) is 19.1 Å². The molecule has 4 nitrogen and oxygen atoms in total. The summed E-state index contributed by atoms with van der Waals surface area (Å²) in [5.74, 6) is 0. The topological polar surface area (TPSA) is 48.3 Å². The third-order valence-electron chi connectivity index (χ3n) is 4.15. The molecule has 0 aromatic heterocycles. The summed E-state index contributed by atoms with van der Waals surface area (Å²) in [5.41, 5.74) is 0.359. The minimum absolute atomic E-state index is 0.397. The number of hydrogen-bond acceptors (Lipinski definition) is 4. The standard InChI is InChI=1S/C16H23N3O/c1-3-15-11-20-10-9-19(15)13-16(12-17,18-2)14-7-5-4-6-8-14/h4-8,15,18H,3,9-11,13H2,1-2H3. The monoisotopic (exact) mass is 273 g/mol. The summed E-state index contributed by atoms with van der Waals surface area (Å²) < 4.78 is 5.55. The number of ether oxygens (including phenoxy) is 1. The van der Waals surface area contributed by atoms with E-state index in [1.54, 1.807) is 0 Å². The predicted octanol–water partition coefficient (Wildman–Crippen LogP) is 1.74. The van der Waals surface area contributed by atoms with Crippen molar-refractivity contribution >= 4 is 0 Å². The third kappa shape index (κ3) is 3.01. The molecule has 2 atom stereocenters. The number of likely N-dealkylation sites (N-methyl/N-ethyl adjacent to an activating group) is 1. The lowest BCUT2D eigenvalue weighted by Crippen LogP contribution is -2.55. The van der Waals surface area contributed by atoms with Crippen molar-refractivity contribution < 1.29 is 4.74 Å². The van der Waals surface area contributed by atoms with Crippen molar-refractivity contribution in [3.8, 4) is 6.07 Å².